The predicted molar refractivity (Wildman–Crippen MR) is 60.3 cm³/mol. The minimum atomic E-state index is -3.81. The van der Waals surface area contributed by atoms with Crippen molar-refractivity contribution >= 4 is 10.0 Å². The lowest BCUT2D eigenvalue weighted by Gasteiger charge is -2.16. The molecule has 18 heavy (non-hydrogen) atoms. The summed E-state index contributed by atoms with van der Waals surface area (Å²) in [5.41, 5.74) is 0. The molecule has 0 saturated carbocycles. The van der Waals surface area contributed by atoms with Crippen LogP contribution in [-0.4, -0.2) is 37.5 Å². The molecule has 1 saturated heterocycles. The maximum atomic E-state index is 13.0. The second kappa shape index (κ2) is 4.91. The molecular weight excluding hydrogens is 264 g/mol. The summed E-state index contributed by atoms with van der Waals surface area (Å²) in [5, 5.41) is 8.97. The fourth-order valence-corrected chi connectivity index (χ4v) is 3.49. The highest BCUT2D eigenvalue weighted by Gasteiger charge is 2.32. The molecule has 0 bridgehead atoms. The molecule has 100 valence electrons. The molecule has 1 aliphatic heterocycles. The third-order valence-corrected chi connectivity index (χ3v) is 4.90. The van der Waals surface area contributed by atoms with Crippen molar-refractivity contribution in [2.45, 2.75) is 11.3 Å². The summed E-state index contributed by atoms with van der Waals surface area (Å²) in [7, 11) is -3.81. The summed E-state index contributed by atoms with van der Waals surface area (Å²) in [6, 6.07) is 2.51. The first-order valence-electron chi connectivity index (χ1n) is 5.51. The van der Waals surface area contributed by atoms with Gasteiger partial charge in [-0.15, -0.1) is 0 Å². The topological polar surface area (TPSA) is 57.6 Å². The minimum Gasteiger partial charge on any atom is -0.396 e. The van der Waals surface area contributed by atoms with E-state index in [1.54, 1.807) is 0 Å². The van der Waals surface area contributed by atoms with Gasteiger partial charge in [0.15, 0.2) is 11.6 Å². The predicted octanol–water partition coefficient (Wildman–Crippen LogP) is 0.968. The molecule has 1 N–H and O–H groups in total. The first-order valence-corrected chi connectivity index (χ1v) is 6.95. The molecule has 2 rings (SSSR count). The summed E-state index contributed by atoms with van der Waals surface area (Å²) >= 11 is 0. The van der Waals surface area contributed by atoms with E-state index < -0.39 is 21.7 Å². The van der Waals surface area contributed by atoms with E-state index in [1.807, 2.05) is 0 Å². The lowest BCUT2D eigenvalue weighted by atomic mass is 10.1. The molecule has 1 aromatic carbocycles. The van der Waals surface area contributed by atoms with Crippen LogP contribution in [0.5, 0.6) is 0 Å². The van der Waals surface area contributed by atoms with Crippen LogP contribution in [0, 0.1) is 17.6 Å². The zero-order chi connectivity index (χ0) is 13.3. The van der Waals surface area contributed by atoms with Gasteiger partial charge in [0.2, 0.25) is 10.0 Å². The first-order chi connectivity index (χ1) is 8.45. The van der Waals surface area contributed by atoms with Crippen LogP contribution < -0.4 is 0 Å². The number of nitrogens with zero attached hydrogens (tertiary/aromatic N) is 1. The third-order valence-electron chi connectivity index (χ3n) is 3.04. The number of benzene rings is 1. The van der Waals surface area contributed by atoms with Crippen LogP contribution in [0.25, 0.3) is 0 Å². The average molecular weight is 277 g/mol. The first kappa shape index (κ1) is 13.4. The molecule has 1 heterocycles. The summed E-state index contributed by atoms with van der Waals surface area (Å²) in [5.74, 6) is -2.36. The number of aliphatic hydroxyl groups excluding tert-OH is 1. The van der Waals surface area contributed by atoms with Crippen molar-refractivity contribution in [1.82, 2.24) is 4.31 Å². The van der Waals surface area contributed by atoms with Gasteiger partial charge < -0.3 is 5.11 Å². The van der Waals surface area contributed by atoms with Gasteiger partial charge in [0.05, 0.1) is 4.90 Å². The smallest absolute Gasteiger partial charge is 0.243 e. The molecule has 0 radical (unpaired) electrons. The molecular formula is C11H13F2NO3S. The minimum absolute atomic E-state index is 0.0796. The van der Waals surface area contributed by atoms with Crippen LogP contribution in [0.15, 0.2) is 23.1 Å². The third kappa shape index (κ3) is 2.38. The molecule has 1 aliphatic rings. The number of aliphatic hydroxyl groups is 1. The van der Waals surface area contributed by atoms with Gasteiger partial charge in [-0.25, -0.2) is 17.2 Å². The Morgan fingerprint density at radius 1 is 1.33 bits per heavy atom. The number of sulfonamides is 1. The Hall–Kier alpha value is -1.05. The van der Waals surface area contributed by atoms with Crippen LogP contribution in [0.4, 0.5) is 8.78 Å². The van der Waals surface area contributed by atoms with Crippen LogP contribution in [-0.2, 0) is 10.0 Å². The SMILES string of the molecule is O=S(=O)(c1ccc(F)c(F)c1)N1CCC(CO)C1. The van der Waals surface area contributed by atoms with Gasteiger partial charge in [-0.2, -0.15) is 4.31 Å². The van der Waals surface area contributed by atoms with Crippen molar-refractivity contribution < 1.29 is 22.3 Å². The second-order valence-electron chi connectivity index (χ2n) is 4.28. The van der Waals surface area contributed by atoms with Crippen molar-refractivity contribution in [3.8, 4) is 0 Å². The standard InChI is InChI=1S/C11H13F2NO3S/c12-10-2-1-9(5-11(10)13)18(16,17)14-4-3-8(6-14)7-15/h1-2,5,8,15H,3-4,6-7H2. The van der Waals surface area contributed by atoms with Gasteiger partial charge in [-0.05, 0) is 30.5 Å². The molecule has 1 atom stereocenters. The maximum absolute atomic E-state index is 13.0. The Morgan fingerprint density at radius 3 is 2.61 bits per heavy atom. The summed E-state index contributed by atoms with van der Waals surface area (Å²) in [4.78, 5) is -0.264. The van der Waals surface area contributed by atoms with Gasteiger partial charge in [-0.3, -0.25) is 0 Å². The van der Waals surface area contributed by atoms with E-state index in [0.717, 1.165) is 12.1 Å². The molecule has 0 amide bonds. The highest BCUT2D eigenvalue weighted by molar-refractivity contribution is 7.89. The highest BCUT2D eigenvalue weighted by atomic mass is 32.2. The zero-order valence-electron chi connectivity index (χ0n) is 9.51. The van der Waals surface area contributed by atoms with Gasteiger partial charge in [0.1, 0.15) is 0 Å². The van der Waals surface area contributed by atoms with E-state index in [4.69, 9.17) is 5.11 Å². The van der Waals surface area contributed by atoms with Crippen LogP contribution in [0.1, 0.15) is 6.42 Å². The Balaban J connectivity index is 2.28. The molecule has 0 aromatic heterocycles. The molecule has 7 heteroatoms. The molecule has 1 fully saturated rings. The maximum Gasteiger partial charge on any atom is 0.243 e. The summed E-state index contributed by atoms with van der Waals surface area (Å²) < 4.78 is 51.2. The molecule has 0 aliphatic carbocycles. The molecule has 1 unspecified atom stereocenters. The number of halogens is 2. The van der Waals surface area contributed by atoms with Crippen LogP contribution in [0.3, 0.4) is 0 Å². The Labute approximate surface area is 104 Å². The van der Waals surface area contributed by atoms with E-state index >= 15 is 0 Å². The van der Waals surface area contributed by atoms with E-state index in [1.165, 1.54) is 4.31 Å². The van der Waals surface area contributed by atoms with E-state index in [2.05, 4.69) is 0 Å². The molecule has 1 aromatic rings. The van der Waals surface area contributed by atoms with E-state index in [0.29, 0.717) is 12.5 Å². The monoisotopic (exact) mass is 277 g/mol. The van der Waals surface area contributed by atoms with Gasteiger partial charge in [-0.1, -0.05) is 0 Å². The largest absolute Gasteiger partial charge is 0.396 e. The summed E-state index contributed by atoms with van der Waals surface area (Å²) in [6.07, 6.45) is 0.569. The highest BCUT2D eigenvalue weighted by Crippen LogP contribution is 2.24. The van der Waals surface area contributed by atoms with Crippen LogP contribution in [0.2, 0.25) is 0 Å². The Kier molecular flexibility index (Phi) is 3.65. The summed E-state index contributed by atoms with van der Waals surface area (Å²) in [6.45, 7) is 0.411. The number of hydrogen-bond acceptors (Lipinski definition) is 3. The fraction of sp³-hybridized carbons (Fsp3) is 0.455. The Morgan fingerprint density at radius 2 is 2.06 bits per heavy atom. The number of rotatable bonds is 3. The normalized spacial score (nSPS) is 21.4. The van der Waals surface area contributed by atoms with Crippen molar-refractivity contribution in [3.05, 3.63) is 29.8 Å². The van der Waals surface area contributed by atoms with Crippen molar-refractivity contribution in [3.63, 3.8) is 0 Å². The quantitative estimate of drug-likeness (QED) is 0.895. The fourth-order valence-electron chi connectivity index (χ4n) is 1.95. The van der Waals surface area contributed by atoms with Gasteiger partial charge in [0.25, 0.3) is 0 Å². The van der Waals surface area contributed by atoms with Crippen molar-refractivity contribution in [2.75, 3.05) is 19.7 Å². The average Bonchev–Trinajstić information content (AvgIpc) is 2.81. The molecule has 4 nitrogen and oxygen atoms in total. The van der Waals surface area contributed by atoms with Crippen molar-refractivity contribution in [1.29, 1.82) is 0 Å². The lowest BCUT2D eigenvalue weighted by Crippen LogP contribution is -2.29. The number of hydrogen-bond donors (Lipinski definition) is 1. The van der Waals surface area contributed by atoms with Gasteiger partial charge in [0, 0.05) is 19.7 Å². The molecule has 0 spiro atoms. The van der Waals surface area contributed by atoms with E-state index in [-0.39, 0.29) is 30.5 Å². The zero-order valence-corrected chi connectivity index (χ0v) is 10.3. The Bertz CT molecular complexity index is 547. The van der Waals surface area contributed by atoms with Gasteiger partial charge >= 0.3 is 0 Å². The van der Waals surface area contributed by atoms with Crippen molar-refractivity contribution in [2.24, 2.45) is 5.92 Å². The second-order valence-corrected chi connectivity index (χ2v) is 6.21. The van der Waals surface area contributed by atoms with E-state index in [9.17, 15) is 17.2 Å². The lowest BCUT2D eigenvalue weighted by molar-refractivity contribution is 0.233. The van der Waals surface area contributed by atoms with Crippen LogP contribution >= 0.6 is 0 Å².